The molecule has 0 amide bonds. The molecule has 1 N–H and O–H groups in total. The van der Waals surface area contributed by atoms with Crippen molar-refractivity contribution in [3.8, 4) is 5.75 Å². The van der Waals surface area contributed by atoms with E-state index >= 15 is 0 Å². The van der Waals surface area contributed by atoms with Gasteiger partial charge < -0.3 is 10.1 Å². The molecule has 0 saturated carbocycles. The predicted molar refractivity (Wildman–Crippen MR) is 69.0 cm³/mol. The van der Waals surface area contributed by atoms with Crippen molar-refractivity contribution in [2.24, 2.45) is 0 Å². The number of benzene rings is 1. The second-order valence-electron chi connectivity index (χ2n) is 4.28. The topological polar surface area (TPSA) is 21.3 Å². The van der Waals surface area contributed by atoms with Crippen LogP contribution in [-0.4, -0.2) is 19.2 Å². The van der Waals surface area contributed by atoms with Crippen molar-refractivity contribution < 1.29 is 9.13 Å². The first-order valence-corrected chi connectivity index (χ1v) is 6.29. The second-order valence-corrected chi connectivity index (χ2v) is 4.28. The van der Waals surface area contributed by atoms with Crippen molar-refractivity contribution in [1.29, 1.82) is 0 Å². The lowest BCUT2D eigenvalue weighted by Gasteiger charge is -2.18. The molecule has 1 aromatic rings. The Kier molecular flexibility index (Phi) is 5.98. The molecule has 3 heteroatoms. The lowest BCUT2D eigenvalue weighted by atomic mass is 10.2. The zero-order valence-electron chi connectivity index (χ0n) is 10.9. The predicted octanol–water partition coefficient (Wildman–Crippen LogP) is 3.29. The molecule has 2 nitrogen and oxygen atoms in total. The molecule has 1 atom stereocenters. The fourth-order valence-electron chi connectivity index (χ4n) is 1.59. The van der Waals surface area contributed by atoms with Crippen LogP contribution in [0.3, 0.4) is 0 Å². The van der Waals surface area contributed by atoms with E-state index in [1.165, 1.54) is 12.1 Å². The van der Waals surface area contributed by atoms with Gasteiger partial charge in [-0.3, -0.25) is 0 Å². The van der Waals surface area contributed by atoms with Gasteiger partial charge in [-0.05, 0) is 37.9 Å². The third-order valence-corrected chi connectivity index (χ3v) is 2.77. The third kappa shape index (κ3) is 4.73. The van der Waals surface area contributed by atoms with E-state index < -0.39 is 0 Å². The Balaban J connectivity index is 2.50. The zero-order valence-corrected chi connectivity index (χ0v) is 10.9. The smallest absolute Gasteiger partial charge is 0.126 e. The lowest BCUT2D eigenvalue weighted by molar-refractivity contribution is 0.258. The minimum Gasteiger partial charge on any atom is -0.492 e. The van der Waals surface area contributed by atoms with Crippen LogP contribution < -0.4 is 10.1 Å². The second kappa shape index (κ2) is 7.28. The van der Waals surface area contributed by atoms with E-state index in [1.54, 1.807) is 6.07 Å². The minimum absolute atomic E-state index is 0.250. The van der Waals surface area contributed by atoms with Gasteiger partial charge in [0.2, 0.25) is 0 Å². The molecular weight excluding hydrogens is 217 g/mol. The molecule has 0 spiro atoms. The summed E-state index contributed by atoms with van der Waals surface area (Å²) < 4.78 is 18.7. The highest BCUT2D eigenvalue weighted by atomic mass is 19.1. The molecule has 1 unspecified atom stereocenters. The van der Waals surface area contributed by atoms with Gasteiger partial charge in [0.15, 0.2) is 0 Å². The Morgan fingerprint density at radius 3 is 2.76 bits per heavy atom. The van der Waals surface area contributed by atoms with Crippen molar-refractivity contribution in [3.05, 3.63) is 29.6 Å². The van der Waals surface area contributed by atoms with E-state index in [0.29, 0.717) is 18.4 Å². The maximum atomic E-state index is 13.1. The molecule has 0 bridgehead atoms. The molecule has 17 heavy (non-hydrogen) atoms. The highest BCUT2D eigenvalue weighted by molar-refractivity contribution is 5.32. The maximum absolute atomic E-state index is 13.1. The first kappa shape index (κ1) is 14.0. The Labute approximate surface area is 103 Å². The molecule has 0 aliphatic rings. The summed E-state index contributed by atoms with van der Waals surface area (Å²) in [6.45, 7) is 7.76. The van der Waals surface area contributed by atoms with Gasteiger partial charge in [0.25, 0.3) is 0 Å². The van der Waals surface area contributed by atoms with Gasteiger partial charge in [-0.2, -0.15) is 0 Å². The van der Waals surface area contributed by atoms with Crippen LogP contribution in [0, 0.1) is 12.7 Å². The quantitative estimate of drug-likeness (QED) is 0.788. The number of aryl methyl sites for hydroxylation is 1. The van der Waals surface area contributed by atoms with Crippen molar-refractivity contribution in [2.45, 2.75) is 39.7 Å². The van der Waals surface area contributed by atoms with Crippen LogP contribution in [0.25, 0.3) is 0 Å². The molecule has 1 rings (SSSR count). The summed E-state index contributed by atoms with van der Waals surface area (Å²) in [6.07, 6.45) is 2.11. The summed E-state index contributed by atoms with van der Waals surface area (Å²) in [5.74, 6) is 0.391. The average Bonchev–Trinajstić information content (AvgIpc) is 2.33. The van der Waals surface area contributed by atoms with E-state index in [2.05, 4.69) is 19.2 Å². The molecule has 96 valence electrons. The Morgan fingerprint density at radius 2 is 2.12 bits per heavy atom. The Bertz CT molecular complexity index is 341. The minimum atomic E-state index is -0.250. The van der Waals surface area contributed by atoms with Crippen molar-refractivity contribution in [3.63, 3.8) is 0 Å². The zero-order chi connectivity index (χ0) is 12.7. The molecule has 0 fully saturated rings. The van der Waals surface area contributed by atoms with Crippen LogP contribution in [0.2, 0.25) is 0 Å². The van der Waals surface area contributed by atoms with Crippen molar-refractivity contribution >= 4 is 0 Å². The van der Waals surface area contributed by atoms with E-state index in [4.69, 9.17) is 4.74 Å². The first-order valence-electron chi connectivity index (χ1n) is 6.29. The number of rotatable bonds is 7. The molecule has 0 heterocycles. The standard InChI is InChI=1S/C14H22FNO/c1-4-8-16-13(5-2)10-17-14-9-12(15)7-6-11(14)3/h6-7,9,13,16H,4-5,8,10H2,1-3H3. The van der Waals surface area contributed by atoms with Gasteiger partial charge in [-0.1, -0.05) is 19.9 Å². The average molecular weight is 239 g/mol. The summed E-state index contributed by atoms with van der Waals surface area (Å²) >= 11 is 0. The van der Waals surface area contributed by atoms with Crippen molar-refractivity contribution in [1.82, 2.24) is 5.32 Å². The Hall–Kier alpha value is -1.09. The fourth-order valence-corrected chi connectivity index (χ4v) is 1.59. The van der Waals surface area contributed by atoms with Gasteiger partial charge in [-0.15, -0.1) is 0 Å². The summed E-state index contributed by atoms with van der Waals surface area (Å²) in [7, 11) is 0. The number of hydrogen-bond acceptors (Lipinski definition) is 2. The molecule has 1 aromatic carbocycles. The van der Waals surface area contributed by atoms with Crippen LogP contribution in [0.5, 0.6) is 5.75 Å². The highest BCUT2D eigenvalue weighted by Gasteiger charge is 2.07. The van der Waals surface area contributed by atoms with Crippen LogP contribution in [0.4, 0.5) is 4.39 Å². The van der Waals surface area contributed by atoms with Gasteiger partial charge in [0.1, 0.15) is 18.2 Å². The van der Waals surface area contributed by atoms with Gasteiger partial charge in [-0.25, -0.2) is 4.39 Å². The fraction of sp³-hybridized carbons (Fsp3) is 0.571. The molecular formula is C14H22FNO. The van der Waals surface area contributed by atoms with E-state index in [0.717, 1.165) is 24.9 Å². The van der Waals surface area contributed by atoms with Crippen LogP contribution in [-0.2, 0) is 0 Å². The van der Waals surface area contributed by atoms with Gasteiger partial charge in [0, 0.05) is 12.1 Å². The van der Waals surface area contributed by atoms with E-state index in [1.807, 2.05) is 6.92 Å². The van der Waals surface area contributed by atoms with Crippen LogP contribution in [0.1, 0.15) is 32.3 Å². The van der Waals surface area contributed by atoms with Crippen LogP contribution in [0.15, 0.2) is 18.2 Å². The van der Waals surface area contributed by atoms with Crippen LogP contribution >= 0.6 is 0 Å². The molecule has 0 radical (unpaired) electrons. The molecule has 0 aromatic heterocycles. The highest BCUT2D eigenvalue weighted by Crippen LogP contribution is 2.18. The number of nitrogens with one attached hydrogen (secondary N) is 1. The lowest BCUT2D eigenvalue weighted by Crippen LogP contribution is -2.34. The largest absolute Gasteiger partial charge is 0.492 e. The Morgan fingerprint density at radius 1 is 1.35 bits per heavy atom. The maximum Gasteiger partial charge on any atom is 0.126 e. The SMILES string of the molecule is CCCNC(CC)COc1cc(F)ccc1C. The monoisotopic (exact) mass is 239 g/mol. The first-order chi connectivity index (χ1) is 8.17. The number of hydrogen-bond donors (Lipinski definition) is 1. The van der Waals surface area contributed by atoms with E-state index in [9.17, 15) is 4.39 Å². The van der Waals surface area contributed by atoms with Gasteiger partial charge >= 0.3 is 0 Å². The molecule has 0 saturated heterocycles. The number of halogens is 1. The van der Waals surface area contributed by atoms with Crippen molar-refractivity contribution in [2.75, 3.05) is 13.2 Å². The summed E-state index contributed by atoms with van der Waals surface area (Å²) in [4.78, 5) is 0. The molecule has 0 aliphatic carbocycles. The normalized spacial score (nSPS) is 12.5. The summed E-state index contributed by atoms with van der Waals surface area (Å²) in [5.41, 5.74) is 0.969. The third-order valence-electron chi connectivity index (χ3n) is 2.77. The molecule has 0 aliphatic heterocycles. The summed E-state index contributed by atoms with van der Waals surface area (Å²) in [6, 6.07) is 4.97. The van der Waals surface area contributed by atoms with E-state index in [-0.39, 0.29) is 5.82 Å². The number of ether oxygens (including phenoxy) is 1. The summed E-state index contributed by atoms with van der Waals surface area (Å²) in [5, 5.41) is 3.40. The van der Waals surface area contributed by atoms with Gasteiger partial charge in [0.05, 0.1) is 0 Å².